The number of rotatable bonds is 9. The van der Waals surface area contributed by atoms with Gasteiger partial charge in [0.25, 0.3) is 0 Å². The lowest BCUT2D eigenvalue weighted by Crippen LogP contribution is -2.46. The average Bonchev–Trinajstić information content (AvgIpc) is 2.56. The van der Waals surface area contributed by atoms with Gasteiger partial charge in [-0.1, -0.05) is 13.8 Å². The highest BCUT2D eigenvalue weighted by molar-refractivity contribution is 7.51. The number of hydrogen-bond acceptors (Lipinski definition) is 8. The number of nitrogens with one attached hydrogen (secondary N) is 1. The van der Waals surface area contributed by atoms with Crippen LogP contribution >= 0.6 is 7.75 Å². The van der Waals surface area contributed by atoms with E-state index in [0.717, 1.165) is 0 Å². The maximum Gasteiger partial charge on any atom is 0.406 e. The smallest absolute Gasteiger partial charge is 0.406 e. The number of esters is 2. The number of ketones is 1. The molecule has 0 aliphatic carbocycles. The summed E-state index contributed by atoms with van der Waals surface area (Å²) in [5.74, 6) is -1.12. The Morgan fingerprint density at radius 1 is 1.12 bits per heavy atom. The second-order valence-corrected chi connectivity index (χ2v) is 8.16. The van der Waals surface area contributed by atoms with E-state index in [4.69, 9.17) is 9.05 Å². The first-order chi connectivity index (χ1) is 11.6. The standard InChI is InChI=1S/C15H26NO8P/c1-15(2)10-23-25(20,16-9-8-13(19)22-4)24-14(15)11(17)6-5-7-12(18)21-3/h14H,5-10H2,1-4H3,(H,16,20)/t14-,25-/m0/s1. The Morgan fingerprint density at radius 3 is 2.32 bits per heavy atom. The Morgan fingerprint density at radius 2 is 1.72 bits per heavy atom. The molecule has 0 saturated carbocycles. The van der Waals surface area contributed by atoms with Crippen molar-refractivity contribution in [2.75, 3.05) is 27.4 Å². The van der Waals surface area contributed by atoms with Gasteiger partial charge in [0.05, 0.1) is 27.2 Å². The molecule has 1 rings (SSSR count). The summed E-state index contributed by atoms with van der Waals surface area (Å²) in [6, 6.07) is 0. The number of hydrogen-bond donors (Lipinski definition) is 1. The maximum atomic E-state index is 12.6. The number of methoxy groups -OCH3 is 2. The molecule has 1 saturated heterocycles. The van der Waals surface area contributed by atoms with Gasteiger partial charge in [0.1, 0.15) is 6.10 Å². The zero-order valence-corrected chi connectivity index (χ0v) is 15.9. The largest absolute Gasteiger partial charge is 0.469 e. The molecule has 1 N–H and O–H groups in total. The topological polar surface area (TPSA) is 117 Å². The Balaban J connectivity index is 2.63. The fraction of sp³-hybridized carbons (Fsp3) is 0.800. The molecule has 0 aromatic rings. The van der Waals surface area contributed by atoms with Gasteiger partial charge in [-0.05, 0) is 6.42 Å². The van der Waals surface area contributed by atoms with Crippen molar-refractivity contribution in [2.45, 2.75) is 45.6 Å². The van der Waals surface area contributed by atoms with Gasteiger partial charge in [-0.2, -0.15) is 0 Å². The van der Waals surface area contributed by atoms with Crippen LogP contribution in [0.3, 0.4) is 0 Å². The summed E-state index contributed by atoms with van der Waals surface area (Å²) in [5, 5.41) is 2.55. The molecule has 1 aliphatic heterocycles. The average molecular weight is 379 g/mol. The molecule has 1 heterocycles. The third-order valence-electron chi connectivity index (χ3n) is 3.75. The minimum absolute atomic E-state index is 0.00561. The van der Waals surface area contributed by atoms with Gasteiger partial charge < -0.3 is 9.47 Å². The third-order valence-corrected chi connectivity index (χ3v) is 5.32. The number of carbonyl (C=O) groups excluding carboxylic acids is 3. The van der Waals surface area contributed by atoms with Crippen LogP contribution in [-0.4, -0.2) is 51.2 Å². The van der Waals surface area contributed by atoms with Crippen molar-refractivity contribution in [2.24, 2.45) is 5.41 Å². The third kappa shape index (κ3) is 6.86. The highest BCUT2D eigenvalue weighted by atomic mass is 31.2. The van der Waals surface area contributed by atoms with E-state index in [1.807, 2.05) is 0 Å². The molecule has 0 radical (unpaired) electrons. The molecule has 10 heteroatoms. The summed E-state index contributed by atoms with van der Waals surface area (Å²) in [6.07, 6.45) is -0.390. The van der Waals surface area contributed by atoms with Crippen LogP contribution in [0.5, 0.6) is 0 Å². The molecule has 0 spiro atoms. The molecule has 1 fully saturated rings. The van der Waals surface area contributed by atoms with E-state index < -0.39 is 31.2 Å². The highest BCUT2D eigenvalue weighted by Gasteiger charge is 2.47. The number of Topliss-reactive ketones (excluding diaryl/α,β-unsaturated/α-hetero) is 1. The van der Waals surface area contributed by atoms with E-state index in [1.54, 1.807) is 13.8 Å². The second kappa shape index (κ2) is 9.43. The van der Waals surface area contributed by atoms with E-state index in [-0.39, 0.29) is 38.2 Å². The molecule has 9 nitrogen and oxygen atoms in total. The lowest BCUT2D eigenvalue weighted by molar-refractivity contribution is -0.142. The summed E-state index contributed by atoms with van der Waals surface area (Å²) in [5.41, 5.74) is -0.666. The lowest BCUT2D eigenvalue weighted by atomic mass is 9.84. The van der Waals surface area contributed by atoms with Crippen molar-refractivity contribution in [3.8, 4) is 0 Å². The van der Waals surface area contributed by atoms with Crippen molar-refractivity contribution in [3.63, 3.8) is 0 Å². The van der Waals surface area contributed by atoms with Gasteiger partial charge in [-0.3, -0.25) is 23.4 Å². The van der Waals surface area contributed by atoms with Gasteiger partial charge >= 0.3 is 19.7 Å². The molecule has 0 aromatic heterocycles. The molecule has 0 aromatic carbocycles. The molecule has 144 valence electrons. The predicted molar refractivity (Wildman–Crippen MR) is 87.7 cm³/mol. The maximum absolute atomic E-state index is 12.6. The Labute approximate surface area is 147 Å². The van der Waals surface area contributed by atoms with Gasteiger partial charge in [0.2, 0.25) is 0 Å². The fourth-order valence-corrected chi connectivity index (χ4v) is 4.05. The van der Waals surface area contributed by atoms with Gasteiger partial charge in [-0.25, -0.2) is 9.65 Å². The Hall–Kier alpha value is -1.28. The molecule has 1 aliphatic rings. The quantitative estimate of drug-likeness (QED) is 0.471. The van der Waals surface area contributed by atoms with Crippen LogP contribution in [0, 0.1) is 5.41 Å². The van der Waals surface area contributed by atoms with E-state index in [0.29, 0.717) is 6.42 Å². The van der Waals surface area contributed by atoms with Crippen LogP contribution in [0.1, 0.15) is 39.5 Å². The van der Waals surface area contributed by atoms with Crippen molar-refractivity contribution in [1.82, 2.24) is 5.09 Å². The van der Waals surface area contributed by atoms with E-state index in [9.17, 15) is 18.9 Å². The van der Waals surface area contributed by atoms with Gasteiger partial charge in [0, 0.05) is 24.8 Å². The highest BCUT2D eigenvalue weighted by Crippen LogP contribution is 2.53. The minimum atomic E-state index is -3.70. The predicted octanol–water partition coefficient (Wildman–Crippen LogP) is 1.60. The van der Waals surface area contributed by atoms with Crippen LogP contribution in [-0.2, 0) is 37.5 Å². The first-order valence-electron chi connectivity index (χ1n) is 7.98. The van der Waals surface area contributed by atoms with E-state index in [1.165, 1.54) is 14.2 Å². The van der Waals surface area contributed by atoms with Crippen LogP contribution in [0.25, 0.3) is 0 Å². The fourth-order valence-electron chi connectivity index (χ4n) is 2.25. The first-order valence-corrected chi connectivity index (χ1v) is 9.52. The van der Waals surface area contributed by atoms with Crippen LogP contribution in [0.2, 0.25) is 0 Å². The molecule has 25 heavy (non-hydrogen) atoms. The Bertz CT molecular complexity index is 548. The molecule has 2 atom stereocenters. The zero-order chi connectivity index (χ0) is 19.1. The van der Waals surface area contributed by atoms with Crippen molar-refractivity contribution >= 4 is 25.5 Å². The lowest BCUT2D eigenvalue weighted by Gasteiger charge is -2.40. The van der Waals surface area contributed by atoms with Crippen LogP contribution < -0.4 is 5.09 Å². The first kappa shape index (κ1) is 21.8. The van der Waals surface area contributed by atoms with Crippen LogP contribution in [0.4, 0.5) is 0 Å². The molecule has 0 bridgehead atoms. The normalized spacial score (nSPS) is 25.2. The summed E-state index contributed by atoms with van der Waals surface area (Å²) in [4.78, 5) is 34.7. The van der Waals surface area contributed by atoms with Gasteiger partial charge in [0.15, 0.2) is 5.78 Å². The Kier molecular flexibility index (Phi) is 8.21. The summed E-state index contributed by atoms with van der Waals surface area (Å²) in [7, 11) is -1.16. The second-order valence-electron chi connectivity index (χ2n) is 6.38. The van der Waals surface area contributed by atoms with Crippen molar-refractivity contribution in [3.05, 3.63) is 0 Å². The monoisotopic (exact) mass is 379 g/mol. The summed E-state index contributed by atoms with van der Waals surface area (Å²) in [6.45, 7) is 3.64. The zero-order valence-electron chi connectivity index (χ0n) is 15.0. The summed E-state index contributed by atoms with van der Waals surface area (Å²) >= 11 is 0. The van der Waals surface area contributed by atoms with E-state index >= 15 is 0 Å². The molecule has 0 amide bonds. The number of ether oxygens (including phenoxy) is 2. The van der Waals surface area contributed by atoms with E-state index in [2.05, 4.69) is 14.6 Å². The summed E-state index contributed by atoms with van der Waals surface area (Å²) < 4.78 is 32.4. The molecular formula is C15H26NO8P. The van der Waals surface area contributed by atoms with Crippen LogP contribution in [0.15, 0.2) is 0 Å². The van der Waals surface area contributed by atoms with Crippen molar-refractivity contribution < 1.29 is 37.5 Å². The molecule has 0 unspecified atom stereocenters. The molecular weight excluding hydrogens is 353 g/mol. The number of carbonyl (C=O) groups is 3. The SMILES string of the molecule is COC(=O)CCCC(=O)[C@@H]1O[P@](=O)(NCCC(=O)OC)OCC1(C)C. The van der Waals surface area contributed by atoms with Crippen molar-refractivity contribution in [1.29, 1.82) is 0 Å². The van der Waals surface area contributed by atoms with Gasteiger partial charge in [-0.15, -0.1) is 0 Å². The minimum Gasteiger partial charge on any atom is -0.469 e.